The van der Waals surface area contributed by atoms with Crippen molar-refractivity contribution in [2.75, 3.05) is 19.8 Å². The largest absolute Gasteiger partial charge is 0.355 e. The fraction of sp³-hybridized carbons (Fsp3) is 0.583. The highest BCUT2D eigenvalue weighted by molar-refractivity contribution is 5.80. The molecule has 0 aromatic heterocycles. The molecule has 1 aliphatic rings. The molecule has 0 spiro atoms. The van der Waals surface area contributed by atoms with E-state index in [4.69, 9.17) is 0 Å². The molecule has 0 saturated carbocycles. The Morgan fingerprint density at radius 3 is 2.87 bits per heavy atom. The van der Waals surface area contributed by atoms with Gasteiger partial charge in [-0.05, 0) is 6.42 Å². The Hall–Kier alpha value is -1.25. The van der Waals surface area contributed by atoms with E-state index in [-0.39, 0.29) is 0 Å². The first-order valence-electron chi connectivity index (χ1n) is 5.55. The number of carbonyl (C=O) groups excluding carboxylic acids is 1. The van der Waals surface area contributed by atoms with Crippen molar-refractivity contribution in [3.05, 3.63) is 25.1 Å². The highest BCUT2D eigenvalue weighted by atomic mass is 16.1. The molecule has 0 atom stereocenters. The van der Waals surface area contributed by atoms with Crippen LogP contribution in [0.15, 0.2) is 25.1 Å². The number of Topliss-reactive ketones (excluding diaryl/α,β-unsaturated/α-hetero) is 1. The molecular weight excluding hydrogens is 188 g/mol. The van der Waals surface area contributed by atoms with Crippen LogP contribution in [0.25, 0.3) is 0 Å². The van der Waals surface area contributed by atoms with Gasteiger partial charge in [-0.25, -0.2) is 0 Å². The molecule has 1 heterocycles. The maximum absolute atomic E-state index is 11.5. The van der Waals surface area contributed by atoms with E-state index in [0.29, 0.717) is 18.7 Å². The fourth-order valence-electron chi connectivity index (χ4n) is 1.58. The van der Waals surface area contributed by atoms with Crippen LogP contribution >= 0.6 is 0 Å². The summed E-state index contributed by atoms with van der Waals surface area (Å²) < 4.78 is 0. The molecule has 0 radical (unpaired) electrons. The highest BCUT2D eigenvalue weighted by Gasteiger charge is 2.13. The standard InChI is InChI=1S/C12H20N2O/c1-3-5-6-12(15)10-14-9-8-13(11-14)7-4-2/h4,8-9H,2-3,5-7,10-11H2,1H3. The SMILES string of the molecule is C=CCN1C=CN(CC(=O)CCCC)C1. The van der Waals surface area contributed by atoms with Crippen LogP contribution in [0.1, 0.15) is 26.2 Å². The Morgan fingerprint density at radius 2 is 2.20 bits per heavy atom. The molecule has 15 heavy (non-hydrogen) atoms. The van der Waals surface area contributed by atoms with E-state index in [0.717, 1.165) is 26.1 Å². The quantitative estimate of drug-likeness (QED) is 0.598. The second-order valence-electron chi connectivity index (χ2n) is 3.89. The maximum atomic E-state index is 11.5. The van der Waals surface area contributed by atoms with Gasteiger partial charge in [-0.1, -0.05) is 19.4 Å². The zero-order chi connectivity index (χ0) is 11.1. The lowest BCUT2D eigenvalue weighted by Crippen LogP contribution is -2.29. The van der Waals surface area contributed by atoms with Crippen molar-refractivity contribution in [3.8, 4) is 0 Å². The van der Waals surface area contributed by atoms with Gasteiger partial charge in [0.05, 0.1) is 13.2 Å². The summed E-state index contributed by atoms with van der Waals surface area (Å²) >= 11 is 0. The number of hydrogen-bond donors (Lipinski definition) is 0. The fourth-order valence-corrected chi connectivity index (χ4v) is 1.58. The molecule has 84 valence electrons. The predicted octanol–water partition coefficient (Wildman–Crippen LogP) is 1.98. The molecule has 3 nitrogen and oxygen atoms in total. The summed E-state index contributed by atoms with van der Waals surface area (Å²) in [7, 11) is 0. The van der Waals surface area contributed by atoms with Crippen LogP contribution in [0.3, 0.4) is 0 Å². The Kier molecular flexibility index (Phi) is 4.95. The monoisotopic (exact) mass is 208 g/mol. The first-order valence-corrected chi connectivity index (χ1v) is 5.55. The van der Waals surface area contributed by atoms with Crippen LogP contribution < -0.4 is 0 Å². The average molecular weight is 208 g/mol. The van der Waals surface area contributed by atoms with Gasteiger partial charge in [0.1, 0.15) is 0 Å². The highest BCUT2D eigenvalue weighted by Crippen LogP contribution is 2.07. The summed E-state index contributed by atoms with van der Waals surface area (Å²) in [5.41, 5.74) is 0. The molecule has 0 amide bonds. The third-order valence-corrected chi connectivity index (χ3v) is 2.40. The molecule has 3 heteroatoms. The van der Waals surface area contributed by atoms with E-state index < -0.39 is 0 Å². The average Bonchev–Trinajstić information content (AvgIpc) is 2.63. The third-order valence-electron chi connectivity index (χ3n) is 2.40. The van der Waals surface area contributed by atoms with Gasteiger partial charge in [-0.2, -0.15) is 0 Å². The van der Waals surface area contributed by atoms with Crippen molar-refractivity contribution < 1.29 is 4.79 Å². The van der Waals surface area contributed by atoms with Crippen molar-refractivity contribution >= 4 is 5.78 Å². The van der Waals surface area contributed by atoms with Gasteiger partial charge in [0.15, 0.2) is 5.78 Å². The molecular formula is C12H20N2O. The van der Waals surface area contributed by atoms with Crippen molar-refractivity contribution in [3.63, 3.8) is 0 Å². The molecule has 0 saturated heterocycles. The minimum absolute atomic E-state index is 0.335. The molecule has 0 N–H and O–H groups in total. The Bertz CT molecular complexity index is 248. The first kappa shape index (κ1) is 11.8. The smallest absolute Gasteiger partial charge is 0.152 e. The van der Waals surface area contributed by atoms with Crippen molar-refractivity contribution in [2.24, 2.45) is 0 Å². The number of nitrogens with zero attached hydrogens (tertiary/aromatic N) is 2. The van der Waals surface area contributed by atoms with Crippen LogP contribution in [0.5, 0.6) is 0 Å². The summed E-state index contributed by atoms with van der Waals surface area (Å²) in [5, 5.41) is 0. The number of rotatable bonds is 7. The molecule has 0 bridgehead atoms. The minimum atomic E-state index is 0.335. The summed E-state index contributed by atoms with van der Waals surface area (Å²) in [4.78, 5) is 15.7. The van der Waals surface area contributed by atoms with Crippen LogP contribution in [-0.4, -0.2) is 35.3 Å². The normalized spacial score (nSPS) is 14.7. The van der Waals surface area contributed by atoms with E-state index >= 15 is 0 Å². The summed E-state index contributed by atoms with van der Waals surface area (Å²) in [6, 6.07) is 0. The first-order chi connectivity index (χ1) is 7.26. The van der Waals surface area contributed by atoms with Gasteiger partial charge in [-0.15, -0.1) is 6.58 Å². The van der Waals surface area contributed by atoms with E-state index in [9.17, 15) is 4.79 Å². The zero-order valence-corrected chi connectivity index (χ0v) is 9.48. The third kappa shape index (κ3) is 4.19. The summed E-state index contributed by atoms with van der Waals surface area (Å²) in [6.07, 6.45) is 8.66. The molecule has 0 aromatic rings. The van der Waals surface area contributed by atoms with E-state index in [1.54, 1.807) is 0 Å². The minimum Gasteiger partial charge on any atom is -0.355 e. The van der Waals surface area contributed by atoms with Crippen LogP contribution in [-0.2, 0) is 4.79 Å². The second-order valence-corrected chi connectivity index (χ2v) is 3.89. The van der Waals surface area contributed by atoms with E-state index in [1.807, 2.05) is 23.4 Å². The maximum Gasteiger partial charge on any atom is 0.152 e. The van der Waals surface area contributed by atoms with Crippen LogP contribution in [0, 0.1) is 0 Å². The van der Waals surface area contributed by atoms with Gasteiger partial charge in [0.2, 0.25) is 0 Å². The van der Waals surface area contributed by atoms with Gasteiger partial charge >= 0.3 is 0 Å². The molecule has 1 aliphatic heterocycles. The number of unbranched alkanes of at least 4 members (excludes halogenated alkanes) is 1. The van der Waals surface area contributed by atoms with Gasteiger partial charge < -0.3 is 9.80 Å². The molecule has 0 unspecified atom stereocenters. The van der Waals surface area contributed by atoms with Crippen LogP contribution in [0.4, 0.5) is 0 Å². The number of hydrogen-bond acceptors (Lipinski definition) is 3. The molecule has 0 fully saturated rings. The van der Waals surface area contributed by atoms with Crippen molar-refractivity contribution in [1.29, 1.82) is 0 Å². The van der Waals surface area contributed by atoms with Crippen molar-refractivity contribution in [2.45, 2.75) is 26.2 Å². The zero-order valence-electron chi connectivity index (χ0n) is 9.48. The molecule has 1 rings (SSSR count). The van der Waals surface area contributed by atoms with Gasteiger partial charge in [0, 0.05) is 25.4 Å². The van der Waals surface area contributed by atoms with Gasteiger partial charge in [0.25, 0.3) is 0 Å². The lowest BCUT2D eigenvalue weighted by atomic mass is 10.2. The van der Waals surface area contributed by atoms with E-state index in [1.165, 1.54) is 0 Å². The number of carbonyl (C=O) groups is 1. The van der Waals surface area contributed by atoms with Crippen molar-refractivity contribution in [1.82, 2.24) is 9.80 Å². The topological polar surface area (TPSA) is 23.6 Å². The lowest BCUT2D eigenvalue weighted by molar-refractivity contribution is -0.119. The Labute approximate surface area is 92.0 Å². The van der Waals surface area contributed by atoms with E-state index in [2.05, 4.69) is 18.4 Å². The summed E-state index contributed by atoms with van der Waals surface area (Å²) in [5.74, 6) is 0.335. The summed E-state index contributed by atoms with van der Waals surface area (Å²) in [6.45, 7) is 7.99. The second kappa shape index (κ2) is 6.27. The Morgan fingerprint density at radius 1 is 1.47 bits per heavy atom. The molecule has 0 aliphatic carbocycles. The van der Waals surface area contributed by atoms with Crippen LogP contribution in [0.2, 0.25) is 0 Å². The molecule has 0 aromatic carbocycles. The number of ketones is 1. The lowest BCUT2D eigenvalue weighted by Gasteiger charge is -2.19. The Balaban J connectivity index is 2.21. The predicted molar refractivity (Wildman–Crippen MR) is 62.1 cm³/mol. The van der Waals surface area contributed by atoms with Gasteiger partial charge in [-0.3, -0.25) is 4.79 Å².